The lowest BCUT2D eigenvalue weighted by Gasteiger charge is -2.13. The Labute approximate surface area is 216 Å². The molecule has 0 aliphatic carbocycles. The van der Waals surface area contributed by atoms with Crippen molar-refractivity contribution in [2.75, 3.05) is 19.8 Å². The number of aromatic hydroxyl groups is 1. The van der Waals surface area contributed by atoms with Crippen molar-refractivity contribution in [1.29, 1.82) is 0 Å². The summed E-state index contributed by atoms with van der Waals surface area (Å²) in [4.78, 5) is 26.0. The lowest BCUT2D eigenvalue weighted by Crippen LogP contribution is -2.31. The van der Waals surface area contributed by atoms with Crippen molar-refractivity contribution in [2.24, 2.45) is 0 Å². The summed E-state index contributed by atoms with van der Waals surface area (Å²) in [7, 11) is 0. The van der Waals surface area contributed by atoms with Gasteiger partial charge in [-0.2, -0.15) is 0 Å². The molecule has 0 saturated carbocycles. The van der Waals surface area contributed by atoms with Crippen LogP contribution in [-0.4, -0.2) is 50.8 Å². The van der Waals surface area contributed by atoms with Crippen LogP contribution in [-0.2, 0) is 4.79 Å². The van der Waals surface area contributed by atoms with E-state index in [0.717, 1.165) is 33.4 Å². The Balaban J connectivity index is 1.76. The summed E-state index contributed by atoms with van der Waals surface area (Å²) in [6.07, 6.45) is 0. The van der Waals surface area contributed by atoms with Crippen LogP contribution in [0.15, 0.2) is 54.6 Å². The molecule has 0 fully saturated rings. The van der Waals surface area contributed by atoms with Crippen LogP contribution in [0.4, 0.5) is 0 Å². The van der Waals surface area contributed by atoms with Crippen molar-refractivity contribution in [1.82, 2.24) is 20.3 Å². The van der Waals surface area contributed by atoms with Crippen LogP contribution in [0.3, 0.4) is 0 Å². The molecular formula is C29H30N4O4. The molecule has 3 N–H and O–H groups in total. The molecule has 0 bridgehead atoms. The standard InChI is InChI=1S/C29H30N4O4/c1-17-5-8-22(19(3)13-17)27-31-28(23-9-6-18(2)14-20(23)4)33-29(32-27)24-10-7-21(15-25(24)35)37-16-26(36)30-11-12-34/h5-10,13-15,34-35H,11-12,16H2,1-4H3,(H,30,36). The maximum absolute atomic E-state index is 11.8. The number of phenolic OH excluding ortho intramolecular Hbond substituents is 1. The number of amides is 1. The first-order valence-electron chi connectivity index (χ1n) is 12.0. The van der Waals surface area contributed by atoms with Crippen molar-refractivity contribution in [3.63, 3.8) is 0 Å². The maximum atomic E-state index is 11.8. The number of ether oxygens (including phenoxy) is 1. The number of benzene rings is 3. The highest BCUT2D eigenvalue weighted by Gasteiger charge is 2.17. The van der Waals surface area contributed by atoms with E-state index < -0.39 is 0 Å². The minimum atomic E-state index is -0.369. The number of aromatic nitrogens is 3. The predicted molar refractivity (Wildman–Crippen MR) is 142 cm³/mol. The van der Waals surface area contributed by atoms with Crippen LogP contribution in [0.25, 0.3) is 34.2 Å². The van der Waals surface area contributed by atoms with E-state index in [9.17, 15) is 9.90 Å². The number of aliphatic hydroxyl groups is 1. The molecule has 0 spiro atoms. The second-order valence-corrected chi connectivity index (χ2v) is 8.98. The number of rotatable bonds is 8. The molecule has 0 unspecified atom stereocenters. The zero-order valence-corrected chi connectivity index (χ0v) is 21.4. The third kappa shape index (κ3) is 6.10. The lowest BCUT2D eigenvalue weighted by molar-refractivity contribution is -0.123. The van der Waals surface area contributed by atoms with E-state index in [2.05, 4.69) is 17.4 Å². The SMILES string of the molecule is Cc1ccc(-c2nc(-c3ccc(C)cc3C)nc(-c3ccc(OCC(=O)NCCO)cc3O)n2)c(C)c1. The van der Waals surface area contributed by atoms with Gasteiger partial charge in [0.1, 0.15) is 11.5 Å². The molecule has 37 heavy (non-hydrogen) atoms. The molecular weight excluding hydrogens is 468 g/mol. The molecule has 1 aromatic heterocycles. The molecule has 8 nitrogen and oxygen atoms in total. The molecule has 0 atom stereocenters. The van der Waals surface area contributed by atoms with Gasteiger partial charge in [0.15, 0.2) is 24.1 Å². The summed E-state index contributed by atoms with van der Waals surface area (Å²) in [6.45, 7) is 7.87. The summed E-state index contributed by atoms with van der Waals surface area (Å²) in [6, 6.07) is 16.9. The fourth-order valence-corrected chi connectivity index (χ4v) is 4.05. The highest BCUT2D eigenvalue weighted by molar-refractivity contribution is 5.77. The fraction of sp³-hybridized carbons (Fsp3) is 0.241. The number of carbonyl (C=O) groups excluding carboxylic acids is 1. The molecule has 3 aromatic carbocycles. The van der Waals surface area contributed by atoms with Gasteiger partial charge < -0.3 is 20.3 Å². The Morgan fingerprint density at radius 1 is 0.784 bits per heavy atom. The van der Waals surface area contributed by atoms with Crippen LogP contribution in [0.5, 0.6) is 11.5 Å². The molecule has 0 radical (unpaired) electrons. The van der Waals surface area contributed by atoms with Crippen LogP contribution in [0, 0.1) is 27.7 Å². The van der Waals surface area contributed by atoms with Crippen molar-refractivity contribution < 1.29 is 19.7 Å². The van der Waals surface area contributed by atoms with Gasteiger partial charge in [0.05, 0.1) is 12.2 Å². The van der Waals surface area contributed by atoms with Gasteiger partial charge in [-0.3, -0.25) is 4.79 Å². The van der Waals surface area contributed by atoms with E-state index in [1.165, 1.54) is 6.07 Å². The van der Waals surface area contributed by atoms with E-state index in [4.69, 9.17) is 24.8 Å². The van der Waals surface area contributed by atoms with Gasteiger partial charge in [-0.15, -0.1) is 0 Å². The summed E-state index contributed by atoms with van der Waals surface area (Å²) in [5.41, 5.74) is 6.54. The molecule has 8 heteroatoms. The van der Waals surface area contributed by atoms with Gasteiger partial charge in [0.2, 0.25) is 0 Å². The number of nitrogens with zero attached hydrogens (tertiary/aromatic N) is 3. The van der Waals surface area contributed by atoms with Crippen LogP contribution in [0.1, 0.15) is 22.3 Å². The van der Waals surface area contributed by atoms with Gasteiger partial charge in [-0.05, 0) is 51.0 Å². The third-order valence-corrected chi connectivity index (χ3v) is 5.90. The van der Waals surface area contributed by atoms with Crippen molar-refractivity contribution in [2.45, 2.75) is 27.7 Å². The first-order valence-corrected chi connectivity index (χ1v) is 12.0. The Kier molecular flexibility index (Phi) is 7.79. The Hall–Kier alpha value is -4.30. The van der Waals surface area contributed by atoms with Gasteiger partial charge in [0.25, 0.3) is 5.91 Å². The number of hydrogen-bond acceptors (Lipinski definition) is 7. The number of carbonyl (C=O) groups is 1. The summed E-state index contributed by atoms with van der Waals surface area (Å²) in [5.74, 6) is 1.21. The molecule has 4 aromatic rings. The molecule has 0 saturated heterocycles. The highest BCUT2D eigenvalue weighted by Crippen LogP contribution is 2.34. The summed E-state index contributed by atoms with van der Waals surface area (Å²) < 4.78 is 5.47. The molecule has 1 amide bonds. The van der Waals surface area contributed by atoms with Gasteiger partial charge >= 0.3 is 0 Å². The molecule has 0 aliphatic rings. The number of nitrogens with one attached hydrogen (secondary N) is 1. The maximum Gasteiger partial charge on any atom is 0.258 e. The monoisotopic (exact) mass is 498 g/mol. The Bertz CT molecular complexity index is 1380. The van der Waals surface area contributed by atoms with Crippen LogP contribution < -0.4 is 10.1 Å². The predicted octanol–water partition coefficient (Wildman–Crippen LogP) is 4.30. The van der Waals surface area contributed by atoms with Crippen molar-refractivity contribution >= 4 is 5.91 Å². The average Bonchev–Trinajstić information content (AvgIpc) is 2.86. The molecule has 190 valence electrons. The normalized spacial score (nSPS) is 10.8. The number of phenols is 1. The second-order valence-electron chi connectivity index (χ2n) is 8.98. The molecule has 0 aliphatic heterocycles. The zero-order chi connectivity index (χ0) is 26.5. The minimum absolute atomic E-state index is 0.0855. The largest absolute Gasteiger partial charge is 0.507 e. The van der Waals surface area contributed by atoms with Gasteiger partial charge in [-0.25, -0.2) is 15.0 Å². The topological polar surface area (TPSA) is 117 Å². The van der Waals surface area contributed by atoms with E-state index >= 15 is 0 Å². The summed E-state index contributed by atoms with van der Waals surface area (Å²) in [5, 5.41) is 22.2. The first-order chi connectivity index (χ1) is 17.7. The van der Waals surface area contributed by atoms with Crippen LogP contribution in [0.2, 0.25) is 0 Å². The molecule has 1 heterocycles. The second kappa shape index (κ2) is 11.2. The zero-order valence-electron chi connectivity index (χ0n) is 21.4. The van der Waals surface area contributed by atoms with Gasteiger partial charge in [-0.1, -0.05) is 47.5 Å². The highest BCUT2D eigenvalue weighted by atomic mass is 16.5. The Morgan fingerprint density at radius 3 is 1.78 bits per heavy atom. The van der Waals surface area contributed by atoms with E-state index in [1.54, 1.807) is 12.1 Å². The van der Waals surface area contributed by atoms with Crippen molar-refractivity contribution in [3.05, 3.63) is 76.9 Å². The average molecular weight is 499 g/mol. The summed E-state index contributed by atoms with van der Waals surface area (Å²) >= 11 is 0. The number of aryl methyl sites for hydroxylation is 4. The van der Waals surface area contributed by atoms with E-state index in [1.807, 2.05) is 52.0 Å². The quantitative estimate of drug-likeness (QED) is 0.332. The Morgan fingerprint density at radius 2 is 1.30 bits per heavy atom. The van der Waals surface area contributed by atoms with Gasteiger partial charge in [0, 0.05) is 23.7 Å². The number of aliphatic hydroxyl groups excluding tert-OH is 1. The van der Waals surface area contributed by atoms with E-state index in [0.29, 0.717) is 28.8 Å². The van der Waals surface area contributed by atoms with Crippen LogP contribution >= 0.6 is 0 Å². The lowest BCUT2D eigenvalue weighted by atomic mass is 10.0. The first kappa shape index (κ1) is 25.8. The smallest absolute Gasteiger partial charge is 0.258 e. The molecule has 4 rings (SSSR count). The number of hydrogen-bond donors (Lipinski definition) is 3. The fourth-order valence-electron chi connectivity index (χ4n) is 4.05. The minimum Gasteiger partial charge on any atom is -0.507 e. The van der Waals surface area contributed by atoms with E-state index in [-0.39, 0.29) is 31.4 Å². The van der Waals surface area contributed by atoms with Crippen molar-refractivity contribution in [3.8, 4) is 45.7 Å². The third-order valence-electron chi connectivity index (χ3n) is 5.90.